The second-order valence-electron chi connectivity index (χ2n) is 6.13. The first-order valence-corrected chi connectivity index (χ1v) is 10.2. The van der Waals surface area contributed by atoms with Crippen LogP contribution in [0, 0.1) is 16.0 Å². The largest absolute Gasteiger partial charge is 0.301 e. The Hall–Kier alpha value is -3.64. The molecule has 0 unspecified atom stereocenters. The molecule has 31 heavy (non-hydrogen) atoms. The van der Waals surface area contributed by atoms with Crippen molar-refractivity contribution in [1.82, 2.24) is 10.7 Å². The molecule has 158 valence electrons. The van der Waals surface area contributed by atoms with E-state index in [0.29, 0.717) is 10.6 Å². The average molecular weight is 457 g/mol. The summed E-state index contributed by atoms with van der Waals surface area (Å²) in [4.78, 5) is 48.8. The highest BCUT2D eigenvalue weighted by molar-refractivity contribution is 8.00. The normalized spacial score (nSPS) is 16.3. The standard InChI is InChI=1S/C19H15N5O5S2/c25-16(11-31-14-8-6-13(7-9-14)24(28)29)22-20-10-15-17(26)21-19(30)23(18(15)27)12-4-2-1-3-5-12/h1-10,15H,11H2,(H,22,25)(H,21,26,30)/b20-10-/t15-/m1/s1. The number of thiocarbonyl (C=S) groups is 1. The monoisotopic (exact) mass is 457 g/mol. The van der Waals surface area contributed by atoms with E-state index in [1.807, 2.05) is 0 Å². The fraction of sp³-hybridized carbons (Fsp3) is 0.105. The molecule has 1 aliphatic rings. The van der Waals surface area contributed by atoms with Gasteiger partial charge in [-0.3, -0.25) is 29.4 Å². The number of anilines is 1. The van der Waals surface area contributed by atoms with Gasteiger partial charge in [0.15, 0.2) is 11.0 Å². The SMILES string of the molecule is O=C(CSc1ccc([N+](=O)[O-])cc1)N/N=C\[C@@H]1C(=O)NC(=S)N(c2ccccc2)C1=O. The lowest BCUT2D eigenvalue weighted by molar-refractivity contribution is -0.384. The topological polar surface area (TPSA) is 134 Å². The number of nitro groups is 1. The van der Waals surface area contributed by atoms with Crippen LogP contribution in [0.15, 0.2) is 64.6 Å². The van der Waals surface area contributed by atoms with Gasteiger partial charge in [0.05, 0.1) is 16.4 Å². The van der Waals surface area contributed by atoms with Crippen LogP contribution in [-0.4, -0.2) is 39.7 Å². The van der Waals surface area contributed by atoms with Crippen LogP contribution in [0.5, 0.6) is 0 Å². The number of nitro benzene ring substituents is 1. The van der Waals surface area contributed by atoms with Crippen LogP contribution >= 0.6 is 24.0 Å². The van der Waals surface area contributed by atoms with Crippen molar-refractivity contribution in [3.05, 3.63) is 64.7 Å². The van der Waals surface area contributed by atoms with Crippen LogP contribution in [0.25, 0.3) is 0 Å². The van der Waals surface area contributed by atoms with Gasteiger partial charge in [-0.15, -0.1) is 11.8 Å². The molecule has 0 saturated carbocycles. The van der Waals surface area contributed by atoms with Gasteiger partial charge >= 0.3 is 0 Å². The van der Waals surface area contributed by atoms with Gasteiger partial charge in [-0.25, -0.2) is 5.43 Å². The lowest BCUT2D eigenvalue weighted by atomic mass is 10.1. The van der Waals surface area contributed by atoms with Gasteiger partial charge in [-0.1, -0.05) is 18.2 Å². The molecular formula is C19H15N5O5S2. The zero-order valence-corrected chi connectivity index (χ0v) is 17.4. The molecule has 0 radical (unpaired) electrons. The molecule has 3 amide bonds. The minimum absolute atomic E-state index is 0.0137. The number of carbonyl (C=O) groups is 3. The lowest BCUT2D eigenvalue weighted by Crippen LogP contribution is -2.58. The third kappa shape index (κ3) is 5.49. The predicted octanol–water partition coefficient (Wildman–Crippen LogP) is 1.85. The summed E-state index contributed by atoms with van der Waals surface area (Å²) in [5.74, 6) is -2.97. The van der Waals surface area contributed by atoms with Crippen molar-refractivity contribution in [1.29, 1.82) is 0 Å². The molecule has 0 spiro atoms. The molecule has 2 aromatic rings. The van der Waals surface area contributed by atoms with Crippen LogP contribution in [-0.2, 0) is 14.4 Å². The zero-order chi connectivity index (χ0) is 22.4. The van der Waals surface area contributed by atoms with E-state index in [2.05, 4.69) is 15.8 Å². The Morgan fingerprint density at radius 3 is 2.55 bits per heavy atom. The molecular weight excluding hydrogens is 442 g/mol. The lowest BCUT2D eigenvalue weighted by Gasteiger charge is -2.30. The molecule has 1 atom stereocenters. The Morgan fingerprint density at radius 2 is 1.90 bits per heavy atom. The van der Waals surface area contributed by atoms with Crippen molar-refractivity contribution in [2.24, 2.45) is 11.0 Å². The predicted molar refractivity (Wildman–Crippen MR) is 119 cm³/mol. The molecule has 0 aliphatic carbocycles. The van der Waals surface area contributed by atoms with Crippen molar-refractivity contribution in [2.75, 3.05) is 10.7 Å². The van der Waals surface area contributed by atoms with E-state index in [1.54, 1.807) is 30.3 Å². The van der Waals surface area contributed by atoms with E-state index in [9.17, 15) is 24.5 Å². The maximum atomic E-state index is 12.7. The highest BCUT2D eigenvalue weighted by Crippen LogP contribution is 2.21. The summed E-state index contributed by atoms with van der Waals surface area (Å²) < 4.78 is 0. The average Bonchev–Trinajstić information content (AvgIpc) is 2.75. The zero-order valence-electron chi connectivity index (χ0n) is 15.8. The van der Waals surface area contributed by atoms with Gasteiger partial charge < -0.3 is 5.32 Å². The first kappa shape index (κ1) is 22.1. The number of non-ortho nitro benzene ring substituents is 1. The third-order valence-corrected chi connectivity index (χ3v) is 5.34. The van der Waals surface area contributed by atoms with Crippen molar-refractivity contribution < 1.29 is 19.3 Å². The maximum absolute atomic E-state index is 12.7. The second-order valence-corrected chi connectivity index (χ2v) is 7.57. The summed E-state index contributed by atoms with van der Waals surface area (Å²) >= 11 is 6.25. The van der Waals surface area contributed by atoms with Gasteiger partial charge in [0.2, 0.25) is 11.8 Å². The van der Waals surface area contributed by atoms with Crippen LogP contribution in [0.2, 0.25) is 0 Å². The Labute approximate surface area is 185 Å². The van der Waals surface area contributed by atoms with Crippen molar-refractivity contribution >= 4 is 64.4 Å². The fourth-order valence-corrected chi connectivity index (χ4v) is 3.56. The quantitative estimate of drug-likeness (QED) is 0.162. The highest BCUT2D eigenvalue weighted by Gasteiger charge is 2.38. The van der Waals surface area contributed by atoms with E-state index in [4.69, 9.17) is 12.2 Å². The fourth-order valence-electron chi connectivity index (χ4n) is 2.57. The number of benzene rings is 2. The summed E-state index contributed by atoms with van der Waals surface area (Å²) in [6.07, 6.45) is 1.05. The Bertz CT molecular complexity index is 1060. The molecule has 1 aliphatic heterocycles. The van der Waals surface area contributed by atoms with Crippen LogP contribution in [0.4, 0.5) is 11.4 Å². The number of para-hydroxylation sites is 1. The first-order valence-electron chi connectivity index (χ1n) is 8.80. The van der Waals surface area contributed by atoms with Crippen molar-refractivity contribution in [3.8, 4) is 0 Å². The smallest absolute Gasteiger partial charge is 0.269 e. The number of nitrogens with one attached hydrogen (secondary N) is 2. The first-order chi connectivity index (χ1) is 14.9. The summed E-state index contributed by atoms with van der Waals surface area (Å²) in [5.41, 5.74) is 2.71. The molecule has 0 bridgehead atoms. The number of hydrogen-bond acceptors (Lipinski definition) is 8. The molecule has 12 heteroatoms. The number of thioether (sulfide) groups is 1. The number of amides is 3. The minimum Gasteiger partial charge on any atom is -0.301 e. The molecule has 0 aromatic heterocycles. The molecule has 2 N–H and O–H groups in total. The molecule has 10 nitrogen and oxygen atoms in total. The number of hydrogen-bond donors (Lipinski definition) is 2. The van der Waals surface area contributed by atoms with Crippen molar-refractivity contribution in [3.63, 3.8) is 0 Å². The highest BCUT2D eigenvalue weighted by atomic mass is 32.2. The van der Waals surface area contributed by atoms with E-state index in [1.165, 1.54) is 29.2 Å². The van der Waals surface area contributed by atoms with Crippen LogP contribution < -0.4 is 15.6 Å². The van der Waals surface area contributed by atoms with Gasteiger partial charge in [-0.2, -0.15) is 5.10 Å². The summed E-state index contributed by atoms with van der Waals surface area (Å²) in [6.45, 7) is 0. The molecule has 1 fully saturated rings. The summed E-state index contributed by atoms with van der Waals surface area (Å²) in [7, 11) is 0. The van der Waals surface area contributed by atoms with E-state index >= 15 is 0 Å². The Kier molecular flexibility index (Phi) is 7.05. The molecule has 1 heterocycles. The molecule has 3 rings (SSSR count). The van der Waals surface area contributed by atoms with Gasteiger partial charge in [0.25, 0.3) is 11.6 Å². The Balaban J connectivity index is 1.57. The van der Waals surface area contributed by atoms with E-state index < -0.39 is 28.6 Å². The molecule has 1 saturated heterocycles. The summed E-state index contributed by atoms with van der Waals surface area (Å²) in [6, 6.07) is 14.3. The number of rotatable bonds is 7. The maximum Gasteiger partial charge on any atom is 0.269 e. The Morgan fingerprint density at radius 1 is 1.23 bits per heavy atom. The minimum atomic E-state index is -1.26. The van der Waals surface area contributed by atoms with Gasteiger partial charge in [0, 0.05) is 23.2 Å². The number of nitrogens with zero attached hydrogens (tertiary/aromatic N) is 3. The van der Waals surface area contributed by atoms with Crippen LogP contribution in [0.1, 0.15) is 0 Å². The van der Waals surface area contributed by atoms with Gasteiger partial charge in [-0.05, 0) is 36.5 Å². The number of hydrazone groups is 1. The second kappa shape index (κ2) is 9.91. The molecule has 2 aromatic carbocycles. The van der Waals surface area contributed by atoms with Gasteiger partial charge in [0.1, 0.15) is 0 Å². The van der Waals surface area contributed by atoms with E-state index in [0.717, 1.165) is 18.0 Å². The van der Waals surface area contributed by atoms with Crippen molar-refractivity contribution in [2.45, 2.75) is 4.90 Å². The van der Waals surface area contributed by atoms with E-state index in [-0.39, 0.29) is 16.6 Å². The van der Waals surface area contributed by atoms with Crippen LogP contribution in [0.3, 0.4) is 0 Å². The number of carbonyl (C=O) groups excluding carboxylic acids is 3. The summed E-state index contributed by atoms with van der Waals surface area (Å²) in [5, 5.41) is 16.8. The third-order valence-electron chi connectivity index (χ3n) is 4.05.